The highest BCUT2D eigenvalue weighted by atomic mass is 16.8. The van der Waals surface area contributed by atoms with Crippen LogP contribution < -0.4 is 0 Å². The molecule has 24 heteroatoms. The second-order valence-electron chi connectivity index (χ2n) is 21.7. The summed E-state index contributed by atoms with van der Waals surface area (Å²) in [6.07, 6.45) is -25.7. The van der Waals surface area contributed by atoms with E-state index in [4.69, 9.17) is 47.4 Å². The van der Waals surface area contributed by atoms with Gasteiger partial charge in [-0.25, -0.2) is 0 Å². The summed E-state index contributed by atoms with van der Waals surface area (Å²) in [6, 6.07) is 0. The molecule has 7 fully saturated rings. The van der Waals surface area contributed by atoms with Crippen molar-refractivity contribution in [2.24, 2.45) is 35.0 Å². The van der Waals surface area contributed by atoms with E-state index in [1.54, 1.807) is 6.92 Å². The summed E-state index contributed by atoms with van der Waals surface area (Å²) in [4.78, 5) is 14.6. The summed E-state index contributed by atoms with van der Waals surface area (Å²) in [5, 5.41) is 142. The van der Waals surface area contributed by atoms with Crippen molar-refractivity contribution in [3.8, 4) is 0 Å². The van der Waals surface area contributed by atoms with E-state index in [2.05, 4.69) is 0 Å². The van der Waals surface area contributed by atoms with Gasteiger partial charge in [0, 0.05) is 35.2 Å². The minimum atomic E-state index is -2.08. The van der Waals surface area contributed by atoms with E-state index in [-0.39, 0.29) is 30.6 Å². The molecule has 6 saturated heterocycles. The zero-order valence-electron chi connectivity index (χ0n) is 39.6. The maximum Gasteiger partial charge on any atom is 0.203 e. The van der Waals surface area contributed by atoms with Crippen LogP contribution in [0.1, 0.15) is 52.9 Å². The predicted molar refractivity (Wildman–Crippen MR) is 230 cm³/mol. The lowest BCUT2D eigenvalue weighted by atomic mass is 9.51. The molecule has 13 N–H and O–H groups in total. The van der Waals surface area contributed by atoms with Gasteiger partial charge < -0.3 is 114 Å². The molecular weight excluding hydrogens is 948 g/mol. The number of Topliss-reactive ketones (excluding diaryl/α,β-unsaturated/α-hetero) is 1. The van der Waals surface area contributed by atoms with Crippen LogP contribution in [0.15, 0.2) is 22.8 Å². The normalized spacial score (nSPS) is 55.2. The summed E-state index contributed by atoms with van der Waals surface area (Å²) in [6.45, 7) is 2.43. The first-order chi connectivity index (χ1) is 33.7. The number of carbonyl (C=O) groups is 1. The number of aliphatic hydroxyl groups excluding tert-OH is 12. The third kappa shape index (κ3) is 8.45. The van der Waals surface area contributed by atoms with E-state index < -0.39 is 190 Å². The molecule has 6 aliphatic heterocycles. The highest BCUT2D eigenvalue weighted by Crippen LogP contribution is 2.64. The average Bonchev–Trinajstić information content (AvgIpc) is 3.94. The van der Waals surface area contributed by atoms with Crippen molar-refractivity contribution in [2.45, 2.75) is 187 Å². The van der Waals surface area contributed by atoms with Crippen molar-refractivity contribution in [1.29, 1.82) is 0 Å². The van der Waals surface area contributed by atoms with Crippen LogP contribution >= 0.6 is 0 Å². The number of ether oxygens (including phenoxy) is 10. The first-order valence-corrected chi connectivity index (χ1v) is 24.8. The highest BCUT2D eigenvalue weighted by Gasteiger charge is 2.69. The Hall–Kier alpha value is -1.77. The van der Waals surface area contributed by atoms with Gasteiger partial charge in [0.2, 0.25) is 5.79 Å². The van der Waals surface area contributed by atoms with E-state index in [1.165, 1.54) is 6.92 Å². The van der Waals surface area contributed by atoms with Crippen LogP contribution in [0.25, 0.3) is 0 Å². The first-order valence-electron chi connectivity index (χ1n) is 24.8. The Bertz CT molecular complexity index is 2030. The lowest BCUT2D eigenvalue weighted by Gasteiger charge is -2.56. The van der Waals surface area contributed by atoms with E-state index in [0.717, 1.165) is 11.1 Å². The molecular formula is C47H70O24. The standard InChI is InChI=1S/C47H70O24/c1-16-11-65-47(39(59)29(16)53)23(10-48)28-21-6-7-22-20(27(21)32(56)36(28)71-47)5-4-18-8-19(50)9-26(45(18,22)3)67-41-33(57)35(25(52)13-62-41)68-43-38(31(55)24(51)12-63-43)70-42-34(58)37(30(54)17(2)66-42)69-44-40(60)46(61,14-49)15-64-44/h4,16-17,19-20,22-26,28-31,33-44,48-55,57-61H,5-15H2,1-3H3/t16-,17+,19+,20+,22+,23-,24-,25-,26-,28-,29-,30+,31+,33-,34+,35+,36+,37+,38+,39-,40+,41+,42+,43+,44-,45+,46+,47-/m0/s1. The van der Waals surface area contributed by atoms with Crippen molar-refractivity contribution < 1.29 is 119 Å². The quantitative estimate of drug-likeness (QED) is 0.0909. The zero-order chi connectivity index (χ0) is 50.8. The number of carbonyl (C=O) groups excluding carboxylic acids is 1. The summed E-state index contributed by atoms with van der Waals surface area (Å²) in [7, 11) is 0. The second kappa shape index (κ2) is 19.7. The molecule has 0 unspecified atom stereocenters. The molecule has 71 heavy (non-hydrogen) atoms. The van der Waals surface area contributed by atoms with E-state index in [9.17, 15) is 71.2 Å². The molecule has 1 saturated carbocycles. The number of hydrogen-bond acceptors (Lipinski definition) is 24. The fourth-order valence-electron chi connectivity index (χ4n) is 13.5. The molecule has 6 heterocycles. The van der Waals surface area contributed by atoms with Crippen LogP contribution in [0.3, 0.4) is 0 Å². The molecule has 28 atom stereocenters. The van der Waals surface area contributed by atoms with Gasteiger partial charge in [-0.05, 0) is 44.4 Å². The molecule has 4 aliphatic carbocycles. The van der Waals surface area contributed by atoms with E-state index in [0.29, 0.717) is 31.3 Å². The van der Waals surface area contributed by atoms with Crippen molar-refractivity contribution in [2.75, 3.05) is 39.6 Å². The minimum Gasteiger partial charge on any atom is -0.396 e. The monoisotopic (exact) mass is 1020 g/mol. The Labute approximate surface area is 408 Å². The molecule has 10 rings (SSSR count). The molecule has 402 valence electrons. The summed E-state index contributed by atoms with van der Waals surface area (Å²) < 4.78 is 59.6. The molecule has 24 nitrogen and oxygen atoms in total. The van der Waals surface area contributed by atoms with Crippen LogP contribution in [0, 0.1) is 35.0 Å². The van der Waals surface area contributed by atoms with Crippen LogP contribution in [-0.4, -0.2) is 246 Å². The molecule has 0 radical (unpaired) electrons. The SMILES string of the molecule is C[C@H]1CO[C@@]2(O[C@H]3C(=O)C4=C(CC[C@@H]5[C@H]4CC=C4C[C@@H](O)C[C@H](O[C@H]6OC[C@H](O)[C@@H](O[C@H]7OC[C@H](O)[C@@H](O)[C@H]7O[C@H]7O[C@H](C)[C@@H](O)[C@@H](O[C@@H]8OC[C@](O)(CO)[C@@H]8O)[C@H]7O)[C@@H]6O)[C@]45C)[C@H]3[C@@H]2CO)[C@@H](O)[C@H]1O. The number of ketones is 1. The van der Waals surface area contributed by atoms with Gasteiger partial charge in [0.1, 0.15) is 78.8 Å². The maximum atomic E-state index is 14.6. The average molecular weight is 1020 g/mol. The third-order valence-electron chi connectivity index (χ3n) is 17.6. The van der Waals surface area contributed by atoms with Gasteiger partial charge in [-0.1, -0.05) is 31.1 Å². The van der Waals surface area contributed by atoms with Crippen LogP contribution in [0.4, 0.5) is 0 Å². The van der Waals surface area contributed by atoms with Gasteiger partial charge in [0.05, 0.1) is 64.1 Å². The van der Waals surface area contributed by atoms with Crippen LogP contribution in [-0.2, 0) is 52.2 Å². The molecule has 0 aromatic carbocycles. The second-order valence-corrected chi connectivity index (χ2v) is 21.7. The molecule has 0 aromatic rings. The Morgan fingerprint density at radius 1 is 0.746 bits per heavy atom. The van der Waals surface area contributed by atoms with Crippen LogP contribution in [0.5, 0.6) is 0 Å². The van der Waals surface area contributed by atoms with Gasteiger partial charge in [-0.2, -0.15) is 0 Å². The number of allylic oxidation sites excluding steroid dienone is 1. The molecule has 0 bridgehead atoms. The smallest absolute Gasteiger partial charge is 0.203 e. The molecule has 0 aromatic heterocycles. The number of hydrogen-bond donors (Lipinski definition) is 13. The Kier molecular flexibility index (Phi) is 14.6. The fourth-order valence-corrected chi connectivity index (χ4v) is 13.5. The largest absolute Gasteiger partial charge is 0.396 e. The zero-order valence-corrected chi connectivity index (χ0v) is 39.6. The lowest BCUT2D eigenvalue weighted by Crippen LogP contribution is -2.65. The number of fused-ring (bicyclic) bond motifs is 6. The molecule has 10 aliphatic rings. The van der Waals surface area contributed by atoms with Gasteiger partial charge in [-0.15, -0.1) is 0 Å². The number of rotatable bonds is 10. The summed E-state index contributed by atoms with van der Waals surface area (Å²) >= 11 is 0. The summed E-state index contributed by atoms with van der Waals surface area (Å²) in [5.41, 5.74) is -0.564. The van der Waals surface area contributed by atoms with Gasteiger partial charge in [0.15, 0.2) is 30.9 Å². The van der Waals surface area contributed by atoms with E-state index in [1.807, 2.05) is 13.0 Å². The minimum absolute atomic E-state index is 0.0656. The van der Waals surface area contributed by atoms with Gasteiger partial charge >= 0.3 is 0 Å². The first kappa shape index (κ1) is 52.7. The maximum absolute atomic E-state index is 14.6. The van der Waals surface area contributed by atoms with Crippen LogP contribution in [0.2, 0.25) is 0 Å². The lowest BCUT2D eigenvalue weighted by molar-refractivity contribution is -0.380. The molecule has 1 spiro atoms. The van der Waals surface area contributed by atoms with Gasteiger partial charge in [0.25, 0.3) is 0 Å². The predicted octanol–water partition coefficient (Wildman–Crippen LogP) is -5.30. The van der Waals surface area contributed by atoms with Gasteiger partial charge in [-0.3, -0.25) is 4.79 Å². The highest BCUT2D eigenvalue weighted by molar-refractivity contribution is 6.04. The Morgan fingerprint density at radius 3 is 2.15 bits per heavy atom. The molecule has 0 amide bonds. The van der Waals surface area contributed by atoms with Crippen molar-refractivity contribution >= 4 is 5.78 Å². The third-order valence-corrected chi connectivity index (χ3v) is 17.6. The Balaban J connectivity index is 0.851. The Morgan fingerprint density at radius 2 is 1.44 bits per heavy atom. The topological polar surface area (TPSA) is 372 Å². The van der Waals surface area contributed by atoms with E-state index >= 15 is 0 Å². The van der Waals surface area contributed by atoms with Crippen molar-refractivity contribution in [1.82, 2.24) is 0 Å². The summed E-state index contributed by atoms with van der Waals surface area (Å²) in [5.74, 6) is -4.36. The number of aliphatic hydroxyl groups is 13. The fraction of sp³-hybridized carbons (Fsp3) is 0.894. The van der Waals surface area contributed by atoms with Crippen molar-refractivity contribution in [3.05, 3.63) is 22.8 Å². The van der Waals surface area contributed by atoms with Crippen molar-refractivity contribution in [3.63, 3.8) is 0 Å².